The average molecular weight is 523 g/mol. The largest absolute Gasteiger partial charge is 0.504 e. The van der Waals surface area contributed by atoms with Gasteiger partial charge in [-0.05, 0) is 35.0 Å². The van der Waals surface area contributed by atoms with Gasteiger partial charge in [0, 0.05) is 27.4 Å². The van der Waals surface area contributed by atoms with Crippen LogP contribution in [0.3, 0.4) is 0 Å². The summed E-state index contributed by atoms with van der Waals surface area (Å²) in [6, 6.07) is 25.0. The molecule has 7 heteroatoms. The Bertz CT molecular complexity index is 1920. The van der Waals surface area contributed by atoms with Crippen LogP contribution in [-0.2, 0) is 0 Å². The third kappa shape index (κ3) is 2.83. The Morgan fingerprint density at radius 3 is 2.08 bits per heavy atom. The quantitative estimate of drug-likeness (QED) is 0.232. The van der Waals surface area contributed by atoms with Crippen LogP contribution < -0.4 is 18.9 Å². The normalized spacial score (nSPS) is 17.4. The van der Waals surface area contributed by atoms with Crippen LogP contribution in [0.1, 0.15) is 11.7 Å². The third-order valence-electron chi connectivity index (χ3n) is 7.31. The van der Waals surface area contributed by atoms with E-state index in [1.54, 1.807) is 37.4 Å². The van der Waals surface area contributed by atoms with Gasteiger partial charge in [0.25, 0.3) is 6.29 Å². The van der Waals surface area contributed by atoms with E-state index in [0.717, 1.165) is 21.5 Å². The number of rotatable bonds is 2. The van der Waals surface area contributed by atoms with Crippen LogP contribution in [0, 0.1) is 0 Å². The summed E-state index contributed by atoms with van der Waals surface area (Å²) in [7, 11) is 1.55. The van der Waals surface area contributed by atoms with E-state index >= 15 is 0 Å². The number of halogens is 1. The second-order valence-corrected chi connectivity index (χ2v) is 9.81. The highest BCUT2D eigenvalue weighted by Crippen LogP contribution is 2.57. The van der Waals surface area contributed by atoms with Crippen molar-refractivity contribution in [2.45, 2.75) is 12.4 Å². The average Bonchev–Trinajstić information content (AvgIpc) is 3.48. The molecule has 2 atom stereocenters. The smallest absolute Gasteiger partial charge is 0.282 e. The standard InChI is InChI=1S/C31H19ClO6/c1-34-29-23-21(35-26(25(23)33)15-10-12-16(32)13-11-15)14-22-24(29)30-31(36-22)38-28-20-9-5-3-7-18(20)17-6-2-4-8-19(17)27(28)37-30/h2-14,30-31,33H,1H3. The maximum Gasteiger partial charge on any atom is 0.282 e. The number of fused-ring (bicyclic) bond motifs is 10. The Morgan fingerprint density at radius 1 is 0.789 bits per heavy atom. The molecule has 1 aromatic heterocycles. The summed E-state index contributed by atoms with van der Waals surface area (Å²) in [5.41, 5.74) is 1.77. The first kappa shape index (κ1) is 21.5. The summed E-state index contributed by atoms with van der Waals surface area (Å²) in [4.78, 5) is 0. The molecule has 2 aliphatic rings. The topological polar surface area (TPSA) is 70.3 Å². The number of methoxy groups -OCH3 is 1. The van der Waals surface area contributed by atoms with Crippen molar-refractivity contribution >= 4 is 44.1 Å². The maximum atomic E-state index is 11.2. The van der Waals surface area contributed by atoms with E-state index in [0.29, 0.717) is 55.9 Å². The van der Waals surface area contributed by atoms with Gasteiger partial charge < -0.3 is 28.5 Å². The number of hydrogen-bond acceptors (Lipinski definition) is 6. The minimum absolute atomic E-state index is 0.0287. The molecular weight excluding hydrogens is 504 g/mol. The molecule has 2 aliphatic heterocycles. The molecule has 5 aromatic carbocycles. The summed E-state index contributed by atoms with van der Waals surface area (Å²) in [5, 5.41) is 16.3. The molecule has 0 spiro atoms. The van der Waals surface area contributed by atoms with E-state index in [1.807, 2.05) is 36.4 Å². The Labute approximate surface area is 221 Å². The number of hydrogen-bond donors (Lipinski definition) is 1. The zero-order valence-electron chi connectivity index (χ0n) is 20.0. The molecule has 2 unspecified atom stereocenters. The zero-order valence-corrected chi connectivity index (χ0v) is 20.8. The summed E-state index contributed by atoms with van der Waals surface area (Å²) in [6.07, 6.45) is -1.35. The van der Waals surface area contributed by atoms with Crippen LogP contribution in [0.15, 0.2) is 83.3 Å². The minimum atomic E-state index is -0.736. The predicted molar refractivity (Wildman–Crippen MR) is 145 cm³/mol. The van der Waals surface area contributed by atoms with Gasteiger partial charge in [0.15, 0.2) is 23.0 Å². The van der Waals surface area contributed by atoms with Crippen molar-refractivity contribution in [2.24, 2.45) is 0 Å². The molecule has 0 aliphatic carbocycles. The lowest BCUT2D eigenvalue weighted by molar-refractivity contribution is -0.0740. The maximum absolute atomic E-state index is 11.2. The van der Waals surface area contributed by atoms with Crippen LogP contribution in [0.4, 0.5) is 0 Å². The Morgan fingerprint density at radius 2 is 1.42 bits per heavy atom. The van der Waals surface area contributed by atoms with Gasteiger partial charge in [-0.3, -0.25) is 0 Å². The molecular formula is C31H19ClO6. The van der Waals surface area contributed by atoms with E-state index in [1.165, 1.54) is 0 Å². The number of furan rings is 1. The molecule has 0 radical (unpaired) electrons. The first-order chi connectivity index (χ1) is 18.6. The van der Waals surface area contributed by atoms with Gasteiger partial charge in [-0.1, -0.05) is 60.1 Å². The molecule has 0 fully saturated rings. The van der Waals surface area contributed by atoms with Gasteiger partial charge in [-0.2, -0.15) is 0 Å². The fraction of sp³-hybridized carbons (Fsp3) is 0.0968. The Hall–Kier alpha value is -4.55. The highest BCUT2D eigenvalue weighted by molar-refractivity contribution is 6.30. The molecule has 3 heterocycles. The van der Waals surface area contributed by atoms with Crippen LogP contribution in [0.25, 0.3) is 43.8 Å². The lowest BCUT2D eigenvalue weighted by Gasteiger charge is -2.30. The number of benzene rings is 5. The first-order valence-corrected chi connectivity index (χ1v) is 12.6. The number of aromatic hydroxyl groups is 1. The molecule has 0 amide bonds. The molecule has 0 bridgehead atoms. The van der Waals surface area contributed by atoms with Gasteiger partial charge in [0.05, 0.1) is 12.7 Å². The van der Waals surface area contributed by atoms with Crippen LogP contribution in [0.5, 0.6) is 28.7 Å². The lowest BCUT2D eigenvalue weighted by atomic mass is 9.98. The highest BCUT2D eigenvalue weighted by atomic mass is 35.5. The van der Waals surface area contributed by atoms with Gasteiger partial charge in [-0.25, -0.2) is 0 Å². The monoisotopic (exact) mass is 522 g/mol. The second kappa shape index (κ2) is 7.73. The van der Waals surface area contributed by atoms with E-state index in [4.69, 9.17) is 35.0 Å². The van der Waals surface area contributed by atoms with E-state index < -0.39 is 12.4 Å². The fourth-order valence-corrected chi connectivity index (χ4v) is 5.78. The SMILES string of the molecule is COc1c2c(cc3oc(-c4ccc(Cl)cc4)c(O)c13)OC1Oc3c(c4ccccc4c4ccccc34)OC21. The van der Waals surface area contributed by atoms with Crippen molar-refractivity contribution in [1.82, 2.24) is 0 Å². The zero-order chi connectivity index (χ0) is 25.5. The molecule has 38 heavy (non-hydrogen) atoms. The molecule has 0 saturated carbocycles. The van der Waals surface area contributed by atoms with Crippen molar-refractivity contribution in [3.8, 4) is 40.1 Å². The Balaban J connectivity index is 1.32. The van der Waals surface area contributed by atoms with Gasteiger partial charge in [0.1, 0.15) is 22.5 Å². The van der Waals surface area contributed by atoms with Crippen molar-refractivity contribution in [3.63, 3.8) is 0 Å². The highest BCUT2D eigenvalue weighted by Gasteiger charge is 2.46. The van der Waals surface area contributed by atoms with Crippen LogP contribution >= 0.6 is 11.6 Å². The van der Waals surface area contributed by atoms with E-state index in [2.05, 4.69) is 12.1 Å². The van der Waals surface area contributed by atoms with Gasteiger partial charge in [0.2, 0.25) is 6.10 Å². The molecule has 6 nitrogen and oxygen atoms in total. The lowest BCUT2D eigenvalue weighted by Crippen LogP contribution is -2.33. The van der Waals surface area contributed by atoms with E-state index in [9.17, 15) is 5.11 Å². The van der Waals surface area contributed by atoms with E-state index in [-0.39, 0.29) is 5.75 Å². The fourth-order valence-electron chi connectivity index (χ4n) is 5.66. The molecule has 6 aromatic rings. The van der Waals surface area contributed by atoms with Crippen molar-refractivity contribution in [3.05, 3.63) is 89.4 Å². The third-order valence-corrected chi connectivity index (χ3v) is 7.57. The minimum Gasteiger partial charge on any atom is -0.504 e. The van der Waals surface area contributed by atoms with Crippen LogP contribution in [0.2, 0.25) is 5.02 Å². The summed E-state index contributed by atoms with van der Waals surface area (Å²) >= 11 is 6.05. The molecule has 0 saturated heterocycles. The second-order valence-electron chi connectivity index (χ2n) is 9.37. The van der Waals surface area contributed by atoms with Crippen LogP contribution in [-0.4, -0.2) is 18.5 Å². The summed E-state index contributed by atoms with van der Waals surface area (Å²) in [5.74, 6) is 2.52. The van der Waals surface area contributed by atoms with Gasteiger partial charge in [-0.15, -0.1) is 0 Å². The Kier molecular flexibility index (Phi) is 4.38. The van der Waals surface area contributed by atoms with Crippen molar-refractivity contribution in [2.75, 3.05) is 7.11 Å². The molecule has 186 valence electrons. The first-order valence-electron chi connectivity index (χ1n) is 12.2. The van der Waals surface area contributed by atoms with Gasteiger partial charge >= 0.3 is 0 Å². The summed E-state index contributed by atoms with van der Waals surface area (Å²) in [6.45, 7) is 0. The summed E-state index contributed by atoms with van der Waals surface area (Å²) < 4.78 is 31.4. The molecule has 8 rings (SSSR count). The molecule has 1 N–H and O–H groups in total. The van der Waals surface area contributed by atoms with Crippen molar-refractivity contribution < 1.29 is 28.5 Å². The predicted octanol–water partition coefficient (Wildman–Crippen LogP) is 8.00. The number of ether oxygens (including phenoxy) is 4. The van der Waals surface area contributed by atoms with Crippen molar-refractivity contribution in [1.29, 1.82) is 0 Å².